The number of ether oxygens (including phenoxy) is 2. The number of carbonyl (C=O) groups excluding carboxylic acids is 2. The van der Waals surface area contributed by atoms with E-state index in [0.717, 1.165) is 29.5 Å². The highest BCUT2D eigenvalue weighted by atomic mass is 16.5. The van der Waals surface area contributed by atoms with Gasteiger partial charge in [0.05, 0.1) is 19.1 Å². The second-order valence-electron chi connectivity index (χ2n) is 7.60. The molecule has 0 amide bonds. The number of aromatic nitrogens is 2. The smallest absolute Gasteiger partial charge is 0.358 e. The van der Waals surface area contributed by atoms with Crippen molar-refractivity contribution in [2.75, 3.05) is 25.1 Å². The van der Waals surface area contributed by atoms with E-state index in [1.54, 1.807) is 12.1 Å². The summed E-state index contributed by atoms with van der Waals surface area (Å²) in [5.41, 5.74) is 2.53. The third kappa shape index (κ3) is 3.21. The molecule has 1 aromatic heterocycles. The Bertz CT molecular complexity index is 931. The molecule has 1 fully saturated rings. The average Bonchev–Trinajstić information content (AvgIpc) is 2.67. The average molecular weight is 381 g/mol. The van der Waals surface area contributed by atoms with Gasteiger partial charge in [-0.15, -0.1) is 10.2 Å². The highest BCUT2D eigenvalue weighted by Gasteiger charge is 2.43. The van der Waals surface area contributed by atoms with Gasteiger partial charge in [-0.25, -0.2) is 4.79 Å². The number of benzene rings is 1. The topological polar surface area (TPSA) is 81.6 Å². The molecule has 1 saturated heterocycles. The number of carbonyl (C=O) groups is 2. The van der Waals surface area contributed by atoms with Crippen LogP contribution in [0, 0.1) is 13.8 Å². The second-order valence-corrected chi connectivity index (χ2v) is 7.60. The van der Waals surface area contributed by atoms with Gasteiger partial charge in [0.1, 0.15) is 11.4 Å². The summed E-state index contributed by atoms with van der Waals surface area (Å²) >= 11 is 0. The van der Waals surface area contributed by atoms with E-state index in [1.807, 2.05) is 26.0 Å². The van der Waals surface area contributed by atoms with Crippen molar-refractivity contribution >= 4 is 17.6 Å². The van der Waals surface area contributed by atoms with Crippen LogP contribution in [0.25, 0.3) is 0 Å². The zero-order valence-electron chi connectivity index (χ0n) is 16.3. The number of Topliss-reactive ketones (excluding diaryl/α,β-unsaturated/α-hetero) is 1. The van der Waals surface area contributed by atoms with Gasteiger partial charge < -0.3 is 14.4 Å². The second kappa shape index (κ2) is 6.89. The number of methoxy groups -OCH3 is 1. The molecule has 0 radical (unpaired) electrons. The largest absolute Gasteiger partial charge is 0.486 e. The van der Waals surface area contributed by atoms with Crippen molar-refractivity contribution in [1.82, 2.24) is 10.2 Å². The van der Waals surface area contributed by atoms with Crippen LogP contribution in [0.1, 0.15) is 51.2 Å². The number of fused-ring (bicyclic) bond motifs is 1. The molecule has 1 spiro atoms. The number of esters is 1. The van der Waals surface area contributed by atoms with E-state index in [-0.39, 0.29) is 11.5 Å². The molecule has 7 nitrogen and oxygen atoms in total. The summed E-state index contributed by atoms with van der Waals surface area (Å²) in [5.74, 6) is 1.07. The highest BCUT2D eigenvalue weighted by Crippen LogP contribution is 2.41. The Morgan fingerprint density at radius 3 is 2.57 bits per heavy atom. The molecule has 0 N–H and O–H groups in total. The molecule has 0 aliphatic carbocycles. The zero-order chi connectivity index (χ0) is 19.9. The highest BCUT2D eigenvalue weighted by molar-refractivity contribution is 6.01. The first-order valence-corrected chi connectivity index (χ1v) is 9.41. The first-order chi connectivity index (χ1) is 13.4. The molecule has 2 aliphatic heterocycles. The number of rotatable bonds is 2. The van der Waals surface area contributed by atoms with E-state index in [0.29, 0.717) is 31.1 Å². The summed E-state index contributed by atoms with van der Waals surface area (Å²) in [6, 6.07) is 7.37. The van der Waals surface area contributed by atoms with E-state index >= 15 is 0 Å². The first kappa shape index (κ1) is 18.4. The lowest BCUT2D eigenvalue weighted by atomic mass is 9.81. The fourth-order valence-electron chi connectivity index (χ4n) is 4.15. The van der Waals surface area contributed by atoms with Crippen molar-refractivity contribution in [2.24, 2.45) is 0 Å². The summed E-state index contributed by atoms with van der Waals surface area (Å²) < 4.78 is 11.0. The Balaban J connectivity index is 1.49. The van der Waals surface area contributed by atoms with Gasteiger partial charge in [0.25, 0.3) is 0 Å². The number of piperidine rings is 1. The lowest BCUT2D eigenvalue weighted by Crippen LogP contribution is -2.51. The Morgan fingerprint density at radius 1 is 1.18 bits per heavy atom. The molecule has 7 heteroatoms. The lowest BCUT2D eigenvalue weighted by molar-refractivity contribution is 0.0229. The SMILES string of the molecule is COC(=O)c1ccc(N2CCC3(CC2)CC(=O)c2c(C)cc(C)cc2O3)nn1. The Morgan fingerprint density at radius 2 is 1.93 bits per heavy atom. The standard InChI is InChI=1S/C21H23N3O4/c1-13-10-14(2)19-16(25)12-21(28-17(19)11-13)6-8-24(9-7-21)18-5-4-15(22-23-18)20(26)27-3/h4-5,10-11H,6-9,12H2,1-3H3. The fourth-order valence-corrected chi connectivity index (χ4v) is 4.15. The number of nitrogens with zero attached hydrogens (tertiary/aromatic N) is 3. The summed E-state index contributed by atoms with van der Waals surface area (Å²) in [7, 11) is 1.31. The van der Waals surface area contributed by atoms with Crippen molar-refractivity contribution in [2.45, 2.75) is 38.7 Å². The summed E-state index contributed by atoms with van der Waals surface area (Å²) in [6.45, 7) is 5.39. The maximum atomic E-state index is 12.8. The molecular formula is C21H23N3O4. The van der Waals surface area contributed by atoms with Crippen molar-refractivity contribution in [3.05, 3.63) is 46.6 Å². The van der Waals surface area contributed by atoms with E-state index in [1.165, 1.54) is 7.11 Å². The van der Waals surface area contributed by atoms with Gasteiger partial charge in [-0.2, -0.15) is 0 Å². The number of aryl methyl sites for hydroxylation is 2. The van der Waals surface area contributed by atoms with Crippen LogP contribution in [-0.4, -0.2) is 47.8 Å². The van der Waals surface area contributed by atoms with Crippen LogP contribution >= 0.6 is 0 Å². The quantitative estimate of drug-likeness (QED) is 0.740. The van der Waals surface area contributed by atoms with E-state index < -0.39 is 11.6 Å². The van der Waals surface area contributed by atoms with Gasteiger partial charge in [0, 0.05) is 25.9 Å². The predicted octanol–water partition coefficient (Wildman–Crippen LogP) is 2.88. The van der Waals surface area contributed by atoms with Crippen molar-refractivity contribution < 1.29 is 19.1 Å². The molecule has 0 atom stereocenters. The molecule has 0 saturated carbocycles. The number of anilines is 1. The molecule has 0 bridgehead atoms. The van der Waals surface area contributed by atoms with Gasteiger partial charge >= 0.3 is 5.97 Å². The molecule has 2 aromatic rings. The maximum absolute atomic E-state index is 12.8. The molecule has 2 aliphatic rings. The molecular weight excluding hydrogens is 358 g/mol. The van der Waals surface area contributed by atoms with E-state index in [4.69, 9.17) is 4.74 Å². The Hall–Kier alpha value is -2.96. The van der Waals surface area contributed by atoms with Gasteiger partial charge in [-0.3, -0.25) is 4.79 Å². The predicted molar refractivity (Wildman–Crippen MR) is 103 cm³/mol. The first-order valence-electron chi connectivity index (χ1n) is 9.41. The van der Waals surface area contributed by atoms with E-state index in [9.17, 15) is 9.59 Å². The molecule has 0 unspecified atom stereocenters. The fraction of sp³-hybridized carbons (Fsp3) is 0.429. The normalized spacial score (nSPS) is 17.8. The molecule has 4 rings (SSSR count). The molecule has 1 aromatic carbocycles. The summed E-state index contributed by atoms with van der Waals surface area (Å²) in [6.07, 6.45) is 1.86. The van der Waals surface area contributed by atoms with Crippen LogP contribution in [0.4, 0.5) is 5.82 Å². The third-order valence-corrected chi connectivity index (χ3v) is 5.58. The van der Waals surface area contributed by atoms with Crippen LogP contribution in [0.5, 0.6) is 5.75 Å². The lowest BCUT2D eigenvalue weighted by Gasteiger charge is -2.44. The van der Waals surface area contributed by atoms with Crippen LogP contribution in [-0.2, 0) is 4.74 Å². The van der Waals surface area contributed by atoms with Crippen LogP contribution in [0.15, 0.2) is 24.3 Å². The van der Waals surface area contributed by atoms with Gasteiger partial charge in [0.15, 0.2) is 17.3 Å². The van der Waals surface area contributed by atoms with Crippen molar-refractivity contribution in [3.63, 3.8) is 0 Å². The van der Waals surface area contributed by atoms with Crippen molar-refractivity contribution in [1.29, 1.82) is 0 Å². The summed E-state index contributed by atoms with van der Waals surface area (Å²) in [4.78, 5) is 26.4. The van der Waals surface area contributed by atoms with Gasteiger partial charge in [-0.05, 0) is 43.2 Å². The minimum Gasteiger partial charge on any atom is -0.486 e. The van der Waals surface area contributed by atoms with Crippen LogP contribution < -0.4 is 9.64 Å². The molecule has 3 heterocycles. The maximum Gasteiger partial charge on any atom is 0.358 e. The summed E-state index contributed by atoms with van der Waals surface area (Å²) in [5, 5.41) is 8.08. The minimum absolute atomic E-state index is 0.162. The van der Waals surface area contributed by atoms with E-state index in [2.05, 4.69) is 19.8 Å². The minimum atomic E-state index is -0.505. The monoisotopic (exact) mass is 381 g/mol. The third-order valence-electron chi connectivity index (χ3n) is 5.58. The molecule has 28 heavy (non-hydrogen) atoms. The zero-order valence-corrected chi connectivity index (χ0v) is 16.3. The number of hydrogen-bond donors (Lipinski definition) is 0. The number of ketones is 1. The van der Waals surface area contributed by atoms with Crippen LogP contribution in [0.2, 0.25) is 0 Å². The van der Waals surface area contributed by atoms with Gasteiger partial charge in [0.2, 0.25) is 0 Å². The van der Waals surface area contributed by atoms with Crippen molar-refractivity contribution in [3.8, 4) is 5.75 Å². The van der Waals surface area contributed by atoms with Crippen LogP contribution in [0.3, 0.4) is 0 Å². The Labute approximate surface area is 163 Å². The number of hydrogen-bond acceptors (Lipinski definition) is 7. The Kier molecular flexibility index (Phi) is 4.53. The van der Waals surface area contributed by atoms with Gasteiger partial charge in [-0.1, -0.05) is 6.07 Å². The molecule has 146 valence electrons.